The van der Waals surface area contributed by atoms with E-state index in [9.17, 15) is 13.2 Å². The number of nitrogens with two attached hydrogens (primary N) is 1. The van der Waals surface area contributed by atoms with Crippen molar-refractivity contribution in [1.29, 1.82) is 0 Å². The summed E-state index contributed by atoms with van der Waals surface area (Å²) in [5.41, 5.74) is 4.37. The minimum atomic E-state index is -4.42. The zero-order chi connectivity index (χ0) is 16.3. The molecule has 0 unspecified atom stereocenters. The first-order valence-electron chi connectivity index (χ1n) is 6.16. The van der Waals surface area contributed by atoms with Gasteiger partial charge in [0, 0.05) is 12.0 Å². The van der Waals surface area contributed by atoms with Crippen molar-refractivity contribution in [1.82, 2.24) is 0 Å². The lowest BCUT2D eigenvalue weighted by molar-refractivity contribution is -0.137. The predicted octanol–water partition coefficient (Wildman–Crippen LogP) is 3.93. The molecule has 1 rings (SSSR count). The monoisotopic (exact) mass is 323 g/mol. The molecule has 4 nitrogen and oxygen atoms in total. The fraction of sp³-hybridized carbons (Fsp3) is 0.462. The summed E-state index contributed by atoms with van der Waals surface area (Å²) in [6.45, 7) is 3.85. The van der Waals surface area contributed by atoms with E-state index in [0.29, 0.717) is 13.0 Å². The number of halogens is 4. The molecule has 0 spiro atoms. The largest absolute Gasteiger partial charge is 0.416 e. The van der Waals surface area contributed by atoms with Crippen LogP contribution in [0.5, 0.6) is 0 Å². The molecule has 0 aliphatic rings. The van der Waals surface area contributed by atoms with Gasteiger partial charge in [-0.3, -0.25) is 0 Å². The molecule has 0 aromatic heterocycles. The summed E-state index contributed by atoms with van der Waals surface area (Å²) in [7, 11) is 0. The van der Waals surface area contributed by atoms with Crippen molar-refractivity contribution < 1.29 is 18.4 Å². The molecule has 0 saturated carbocycles. The van der Waals surface area contributed by atoms with E-state index in [1.165, 1.54) is 6.07 Å². The molecule has 0 aliphatic carbocycles. The number of hydrogen-bond acceptors (Lipinski definition) is 3. The van der Waals surface area contributed by atoms with Crippen LogP contribution in [0.15, 0.2) is 23.4 Å². The second-order valence-electron chi connectivity index (χ2n) is 5.24. The number of nitrogens with zero attached hydrogens (tertiary/aromatic N) is 1. The number of benzene rings is 1. The Morgan fingerprint density at radius 3 is 2.52 bits per heavy atom. The maximum atomic E-state index is 12.6. The molecular weight excluding hydrogens is 307 g/mol. The Labute approximate surface area is 125 Å². The normalized spacial score (nSPS) is 13.3. The fourth-order valence-electron chi connectivity index (χ4n) is 1.61. The third-order valence-electron chi connectivity index (χ3n) is 3.16. The summed E-state index contributed by atoms with van der Waals surface area (Å²) < 4.78 is 37.9. The van der Waals surface area contributed by atoms with Crippen molar-refractivity contribution in [2.24, 2.45) is 16.3 Å². The topological polar surface area (TPSA) is 70.6 Å². The van der Waals surface area contributed by atoms with Gasteiger partial charge < -0.3 is 16.3 Å². The third kappa shape index (κ3) is 4.70. The smallest absolute Gasteiger partial charge is 0.409 e. The summed E-state index contributed by atoms with van der Waals surface area (Å²) in [6, 6.07) is 3.08. The maximum absolute atomic E-state index is 12.6. The molecule has 0 atom stereocenters. The molecule has 0 heterocycles. The van der Waals surface area contributed by atoms with Gasteiger partial charge in [-0.25, -0.2) is 0 Å². The lowest BCUT2D eigenvalue weighted by Gasteiger charge is -2.23. The van der Waals surface area contributed by atoms with E-state index in [4.69, 9.17) is 22.5 Å². The molecule has 1 aromatic carbocycles. The van der Waals surface area contributed by atoms with E-state index in [0.717, 1.165) is 12.1 Å². The van der Waals surface area contributed by atoms with Gasteiger partial charge in [0.05, 0.1) is 16.3 Å². The molecule has 1 aromatic rings. The van der Waals surface area contributed by atoms with Gasteiger partial charge in [0.15, 0.2) is 0 Å². The Morgan fingerprint density at radius 1 is 1.38 bits per heavy atom. The van der Waals surface area contributed by atoms with Crippen LogP contribution in [0.25, 0.3) is 0 Å². The van der Waals surface area contributed by atoms with Gasteiger partial charge >= 0.3 is 6.18 Å². The number of oxime groups is 1. The average Bonchev–Trinajstić information content (AvgIpc) is 2.38. The first-order valence-corrected chi connectivity index (χ1v) is 6.54. The van der Waals surface area contributed by atoms with Crippen molar-refractivity contribution in [3.05, 3.63) is 28.8 Å². The lowest BCUT2D eigenvalue weighted by Crippen LogP contribution is -2.33. The number of nitrogens with one attached hydrogen (secondary N) is 1. The van der Waals surface area contributed by atoms with Crippen LogP contribution in [-0.4, -0.2) is 17.6 Å². The predicted molar refractivity (Wildman–Crippen MR) is 76.8 cm³/mol. The van der Waals surface area contributed by atoms with Crippen LogP contribution in [-0.2, 0) is 6.18 Å². The second-order valence-corrected chi connectivity index (χ2v) is 5.65. The van der Waals surface area contributed by atoms with Crippen molar-refractivity contribution in [3.8, 4) is 0 Å². The average molecular weight is 324 g/mol. The minimum absolute atomic E-state index is 0.0550. The number of rotatable bonds is 5. The molecule has 8 heteroatoms. The Bertz CT molecular complexity index is 530. The first-order chi connectivity index (χ1) is 9.58. The Balaban J connectivity index is 2.76. The molecule has 21 heavy (non-hydrogen) atoms. The van der Waals surface area contributed by atoms with Crippen molar-refractivity contribution in [3.63, 3.8) is 0 Å². The van der Waals surface area contributed by atoms with Gasteiger partial charge in [0.25, 0.3) is 0 Å². The zero-order valence-corrected chi connectivity index (χ0v) is 12.4. The number of anilines is 1. The van der Waals surface area contributed by atoms with Crippen molar-refractivity contribution in [2.45, 2.75) is 26.4 Å². The van der Waals surface area contributed by atoms with Crippen LogP contribution in [0, 0.1) is 5.41 Å². The Hall–Kier alpha value is -1.63. The van der Waals surface area contributed by atoms with Crippen LogP contribution in [0.2, 0.25) is 5.02 Å². The van der Waals surface area contributed by atoms with Crippen molar-refractivity contribution in [2.75, 3.05) is 11.9 Å². The SMILES string of the molecule is CC(C)(CCNc1cc(C(F)(F)F)ccc1Cl)C(N)=NO. The van der Waals surface area contributed by atoms with Gasteiger partial charge in [-0.2, -0.15) is 13.2 Å². The van der Waals surface area contributed by atoms with E-state index < -0.39 is 17.2 Å². The molecule has 0 aliphatic heterocycles. The summed E-state index contributed by atoms with van der Waals surface area (Å²) in [5, 5.41) is 14.6. The summed E-state index contributed by atoms with van der Waals surface area (Å²) in [5.74, 6) is 0.0550. The highest BCUT2D eigenvalue weighted by atomic mass is 35.5. The second kappa shape index (κ2) is 6.43. The quantitative estimate of drug-likeness (QED) is 0.333. The molecule has 0 bridgehead atoms. The van der Waals surface area contributed by atoms with Crippen LogP contribution < -0.4 is 11.1 Å². The molecule has 4 N–H and O–H groups in total. The van der Waals surface area contributed by atoms with E-state index in [2.05, 4.69) is 10.5 Å². The Kier molecular flexibility index (Phi) is 5.33. The molecule has 0 radical (unpaired) electrons. The number of alkyl halides is 3. The molecule has 0 amide bonds. The van der Waals surface area contributed by atoms with Crippen LogP contribution in [0.1, 0.15) is 25.8 Å². The zero-order valence-electron chi connectivity index (χ0n) is 11.6. The van der Waals surface area contributed by atoms with Gasteiger partial charge in [-0.05, 0) is 24.6 Å². The summed E-state index contributed by atoms with van der Waals surface area (Å²) in [6.07, 6.45) is -3.97. The van der Waals surface area contributed by atoms with E-state index in [1.807, 2.05) is 0 Å². The van der Waals surface area contributed by atoms with Crippen LogP contribution in [0.3, 0.4) is 0 Å². The lowest BCUT2D eigenvalue weighted by atomic mass is 9.88. The molecular formula is C13H17ClF3N3O. The highest BCUT2D eigenvalue weighted by molar-refractivity contribution is 6.33. The van der Waals surface area contributed by atoms with E-state index in [-0.39, 0.29) is 16.5 Å². The number of hydrogen-bond donors (Lipinski definition) is 3. The first kappa shape index (κ1) is 17.4. The molecule has 118 valence electrons. The van der Waals surface area contributed by atoms with E-state index >= 15 is 0 Å². The molecule has 0 fully saturated rings. The van der Waals surface area contributed by atoms with Gasteiger partial charge in [-0.1, -0.05) is 30.6 Å². The minimum Gasteiger partial charge on any atom is -0.409 e. The van der Waals surface area contributed by atoms with Crippen LogP contribution >= 0.6 is 11.6 Å². The van der Waals surface area contributed by atoms with E-state index in [1.54, 1.807) is 13.8 Å². The van der Waals surface area contributed by atoms with Gasteiger partial charge in [-0.15, -0.1) is 0 Å². The third-order valence-corrected chi connectivity index (χ3v) is 3.49. The number of amidine groups is 1. The molecule has 0 saturated heterocycles. The fourth-order valence-corrected chi connectivity index (χ4v) is 1.79. The highest BCUT2D eigenvalue weighted by Gasteiger charge is 2.31. The maximum Gasteiger partial charge on any atom is 0.416 e. The summed E-state index contributed by atoms with van der Waals surface area (Å²) >= 11 is 5.87. The van der Waals surface area contributed by atoms with Crippen molar-refractivity contribution >= 4 is 23.1 Å². The standard InChI is InChI=1S/C13H17ClF3N3O/c1-12(2,11(18)20-21)5-6-19-10-7-8(13(15,16)17)3-4-9(10)14/h3-4,7,19,21H,5-6H2,1-2H3,(H2,18,20). The highest BCUT2D eigenvalue weighted by Crippen LogP contribution is 2.34. The van der Waals surface area contributed by atoms with Crippen LogP contribution in [0.4, 0.5) is 18.9 Å². The van der Waals surface area contributed by atoms with Gasteiger partial charge in [0.2, 0.25) is 0 Å². The summed E-state index contributed by atoms with van der Waals surface area (Å²) in [4.78, 5) is 0. The Morgan fingerprint density at radius 2 is 2.00 bits per heavy atom. The van der Waals surface area contributed by atoms with Gasteiger partial charge in [0.1, 0.15) is 5.84 Å².